The van der Waals surface area contributed by atoms with Gasteiger partial charge >= 0.3 is 0 Å². The van der Waals surface area contributed by atoms with Crippen LogP contribution >= 0.6 is 0 Å². The van der Waals surface area contributed by atoms with Gasteiger partial charge in [-0.25, -0.2) is 18.4 Å². The number of pyridine rings is 1. The summed E-state index contributed by atoms with van der Waals surface area (Å²) < 4.78 is 32.1. The number of nitrogens with zero attached hydrogens (tertiary/aromatic N) is 4. The van der Waals surface area contributed by atoms with Gasteiger partial charge in [0.05, 0.1) is 37.0 Å². The van der Waals surface area contributed by atoms with E-state index in [1.165, 1.54) is 7.11 Å². The molecule has 0 fully saturated rings. The zero-order chi connectivity index (χ0) is 28.5. The van der Waals surface area contributed by atoms with Gasteiger partial charge in [0.2, 0.25) is 10.0 Å². The van der Waals surface area contributed by atoms with Crippen LogP contribution in [0.5, 0.6) is 5.75 Å². The molecule has 1 aliphatic rings. The summed E-state index contributed by atoms with van der Waals surface area (Å²) >= 11 is 0. The second-order valence-electron chi connectivity index (χ2n) is 10.5. The van der Waals surface area contributed by atoms with Crippen molar-refractivity contribution in [2.24, 2.45) is 10.3 Å². The molecule has 11 nitrogen and oxygen atoms in total. The number of nitrogen functional groups attached to an aromatic ring is 1. The van der Waals surface area contributed by atoms with Crippen molar-refractivity contribution >= 4 is 38.8 Å². The molecule has 0 radical (unpaired) electrons. The second kappa shape index (κ2) is 10.5. The maximum Gasteiger partial charge on any atom is 0.255 e. The van der Waals surface area contributed by atoms with Gasteiger partial charge in [-0.3, -0.25) is 9.52 Å². The predicted octanol–water partition coefficient (Wildman–Crippen LogP) is 4.83. The molecule has 1 atom stereocenters. The SMILES string of the molecule is COc1c(NC(=O)c2ccc(C)c(N3CC(c4ccc(N)nc4)N=N3)c2)cc(C(C)(C)C)cc1NS(C)(=O)=O. The quantitative estimate of drug-likeness (QED) is 0.380. The Morgan fingerprint density at radius 1 is 1.13 bits per heavy atom. The first-order valence-corrected chi connectivity index (χ1v) is 14.2. The fourth-order valence-electron chi connectivity index (χ4n) is 4.17. The summed E-state index contributed by atoms with van der Waals surface area (Å²) in [5.74, 6) is 0.257. The first kappa shape index (κ1) is 27.8. The zero-order valence-corrected chi connectivity index (χ0v) is 23.6. The highest BCUT2D eigenvalue weighted by Gasteiger charge is 2.26. The Kier molecular flexibility index (Phi) is 7.51. The van der Waals surface area contributed by atoms with E-state index in [1.807, 2.05) is 39.8 Å². The van der Waals surface area contributed by atoms with Gasteiger partial charge in [-0.15, -0.1) is 0 Å². The number of rotatable bonds is 7. The molecule has 1 amide bonds. The van der Waals surface area contributed by atoms with Gasteiger partial charge in [-0.05, 0) is 59.4 Å². The third-order valence-corrected chi connectivity index (χ3v) is 6.88. The average molecular weight is 552 g/mol. The number of carbonyl (C=O) groups is 1. The van der Waals surface area contributed by atoms with Gasteiger partial charge in [-0.2, -0.15) is 5.11 Å². The number of nitrogens with two attached hydrogens (primary N) is 1. The second-order valence-corrected chi connectivity index (χ2v) is 12.3. The lowest BCUT2D eigenvalue weighted by atomic mass is 9.86. The molecule has 4 N–H and O–H groups in total. The highest BCUT2D eigenvalue weighted by Crippen LogP contribution is 2.39. The van der Waals surface area contributed by atoms with Crippen molar-refractivity contribution < 1.29 is 17.9 Å². The number of anilines is 4. The van der Waals surface area contributed by atoms with Crippen LogP contribution in [0.25, 0.3) is 0 Å². The van der Waals surface area contributed by atoms with Gasteiger partial charge < -0.3 is 15.8 Å². The highest BCUT2D eigenvalue weighted by molar-refractivity contribution is 7.92. The third kappa shape index (κ3) is 6.45. The van der Waals surface area contributed by atoms with Gasteiger partial charge in [0.1, 0.15) is 11.9 Å². The van der Waals surface area contributed by atoms with E-state index in [2.05, 4.69) is 25.4 Å². The van der Waals surface area contributed by atoms with Gasteiger partial charge in [-0.1, -0.05) is 38.1 Å². The predicted molar refractivity (Wildman–Crippen MR) is 153 cm³/mol. The lowest BCUT2D eigenvalue weighted by Crippen LogP contribution is -2.20. The van der Waals surface area contributed by atoms with E-state index in [0.717, 1.165) is 28.6 Å². The van der Waals surface area contributed by atoms with Crippen molar-refractivity contribution in [3.8, 4) is 5.75 Å². The van der Waals surface area contributed by atoms with Crippen LogP contribution in [0, 0.1) is 6.92 Å². The Balaban J connectivity index is 1.63. The molecule has 0 bridgehead atoms. The van der Waals surface area contributed by atoms with Crippen molar-refractivity contribution in [1.29, 1.82) is 0 Å². The van der Waals surface area contributed by atoms with E-state index >= 15 is 0 Å². The third-order valence-electron chi connectivity index (χ3n) is 6.29. The first-order valence-electron chi connectivity index (χ1n) is 12.3. The summed E-state index contributed by atoms with van der Waals surface area (Å²) in [5, 5.41) is 13.3. The minimum absolute atomic E-state index is 0.208. The zero-order valence-electron chi connectivity index (χ0n) is 22.8. The number of aromatic nitrogens is 1. The Morgan fingerprint density at radius 3 is 2.46 bits per heavy atom. The topological polar surface area (TPSA) is 151 Å². The number of methoxy groups -OCH3 is 1. The molecule has 0 saturated heterocycles. The Bertz CT molecular complexity index is 1530. The Hall–Kier alpha value is -4.19. The van der Waals surface area contributed by atoms with Crippen LogP contribution in [0.1, 0.15) is 53.9 Å². The van der Waals surface area contributed by atoms with E-state index in [4.69, 9.17) is 10.5 Å². The smallest absolute Gasteiger partial charge is 0.255 e. The molecule has 4 rings (SSSR count). The number of amides is 1. The van der Waals surface area contributed by atoms with E-state index in [0.29, 0.717) is 23.6 Å². The number of benzene rings is 2. The number of nitrogens with one attached hydrogen (secondary N) is 2. The van der Waals surface area contributed by atoms with Gasteiger partial charge in [0.25, 0.3) is 5.91 Å². The Labute approximate surface area is 228 Å². The van der Waals surface area contributed by atoms with Crippen LogP contribution in [-0.2, 0) is 15.4 Å². The standard InChI is InChI=1S/C27H33N7O4S/c1-16-7-8-17(11-23(16)34-15-22(31-33-34)18-9-10-24(28)29-14-18)26(35)30-20-12-19(27(2,3)4)13-21(25(20)38-5)32-39(6,36)37/h7-14,22,32H,15H2,1-6H3,(H2,28,29)(H,30,35). The maximum atomic E-state index is 13.4. The summed E-state index contributed by atoms with van der Waals surface area (Å²) in [6.45, 7) is 8.41. The van der Waals surface area contributed by atoms with E-state index in [1.54, 1.807) is 41.5 Å². The number of hydrogen-bond acceptors (Lipinski definition) is 9. The van der Waals surface area contributed by atoms with Crippen LogP contribution in [0.3, 0.4) is 0 Å². The summed E-state index contributed by atoms with van der Waals surface area (Å²) in [4.78, 5) is 17.6. The van der Waals surface area contributed by atoms with E-state index in [-0.39, 0.29) is 28.8 Å². The minimum Gasteiger partial charge on any atom is -0.492 e. The molecule has 12 heteroatoms. The molecular formula is C27H33N7O4S. The fraction of sp³-hybridized carbons (Fsp3) is 0.333. The lowest BCUT2D eigenvalue weighted by molar-refractivity contribution is 0.102. The molecule has 1 unspecified atom stereocenters. The van der Waals surface area contributed by atoms with E-state index in [9.17, 15) is 13.2 Å². The number of carbonyl (C=O) groups excluding carboxylic acids is 1. The fourth-order valence-corrected chi connectivity index (χ4v) is 4.72. The summed E-state index contributed by atoms with van der Waals surface area (Å²) in [6, 6.07) is 12.2. The molecule has 0 spiro atoms. The van der Waals surface area contributed by atoms with Gasteiger partial charge in [0, 0.05) is 11.8 Å². The van der Waals surface area contributed by atoms with Crippen LogP contribution in [-0.4, -0.2) is 39.2 Å². The van der Waals surface area contributed by atoms with Crippen LogP contribution < -0.4 is 25.5 Å². The summed E-state index contributed by atoms with van der Waals surface area (Å²) in [7, 11) is -2.17. The molecule has 3 aromatic rings. The molecule has 0 saturated carbocycles. The highest BCUT2D eigenvalue weighted by atomic mass is 32.2. The molecule has 2 aromatic carbocycles. The summed E-state index contributed by atoms with van der Waals surface area (Å²) in [5.41, 5.74) is 9.73. The van der Waals surface area contributed by atoms with E-state index < -0.39 is 10.0 Å². The average Bonchev–Trinajstić information content (AvgIpc) is 3.33. The maximum absolute atomic E-state index is 13.4. The number of aryl methyl sites for hydroxylation is 1. The van der Waals surface area contributed by atoms with Crippen molar-refractivity contribution in [1.82, 2.24) is 4.98 Å². The molecule has 1 aliphatic heterocycles. The molecular weight excluding hydrogens is 518 g/mol. The molecule has 1 aromatic heterocycles. The van der Waals surface area contributed by atoms with Crippen molar-refractivity contribution in [3.63, 3.8) is 0 Å². The van der Waals surface area contributed by atoms with Crippen molar-refractivity contribution in [2.45, 2.75) is 39.2 Å². The molecule has 39 heavy (non-hydrogen) atoms. The molecule has 2 heterocycles. The largest absolute Gasteiger partial charge is 0.492 e. The van der Waals surface area contributed by atoms with Crippen LogP contribution in [0.2, 0.25) is 0 Å². The number of sulfonamides is 1. The van der Waals surface area contributed by atoms with Gasteiger partial charge in [0.15, 0.2) is 5.75 Å². The molecule has 0 aliphatic carbocycles. The lowest BCUT2D eigenvalue weighted by Gasteiger charge is -2.24. The van der Waals surface area contributed by atoms with Crippen molar-refractivity contribution in [3.05, 3.63) is 70.9 Å². The number of hydrogen-bond donors (Lipinski definition) is 3. The van der Waals surface area contributed by atoms with Crippen LogP contribution in [0.15, 0.2) is 59.0 Å². The number of ether oxygens (including phenoxy) is 1. The normalized spacial score (nSPS) is 15.3. The minimum atomic E-state index is -3.59. The Morgan fingerprint density at radius 2 is 1.85 bits per heavy atom. The van der Waals surface area contributed by atoms with Crippen LogP contribution in [0.4, 0.5) is 22.9 Å². The molecule has 206 valence electrons. The first-order chi connectivity index (χ1) is 18.2. The monoisotopic (exact) mass is 551 g/mol. The van der Waals surface area contributed by atoms with Crippen molar-refractivity contribution in [2.75, 3.05) is 40.7 Å². The summed E-state index contributed by atoms with van der Waals surface area (Å²) in [6.07, 6.45) is 2.75.